The Morgan fingerprint density at radius 2 is 1.86 bits per heavy atom. The van der Waals surface area contributed by atoms with Crippen molar-refractivity contribution in [3.8, 4) is 22.8 Å². The van der Waals surface area contributed by atoms with E-state index in [1.807, 2.05) is 12.1 Å². The van der Waals surface area contributed by atoms with E-state index in [1.165, 1.54) is 0 Å². The molecule has 6 heteroatoms. The molecule has 2 aliphatic rings. The minimum Gasteiger partial charge on any atom is -0.448 e. The van der Waals surface area contributed by atoms with E-state index in [4.69, 9.17) is 26.8 Å². The lowest BCUT2D eigenvalue weighted by atomic mass is 10.1. The van der Waals surface area contributed by atoms with Gasteiger partial charge in [-0.05, 0) is 18.9 Å². The summed E-state index contributed by atoms with van der Waals surface area (Å²) < 4.78 is 13.7. The maximum Gasteiger partial charge on any atom is 0.251 e. The number of hydrogen-bond donors (Lipinski definition) is 1. The van der Waals surface area contributed by atoms with Gasteiger partial charge >= 0.3 is 0 Å². The third kappa shape index (κ3) is 1.95. The Hall–Kier alpha value is -1.88. The number of hydrogen-bond acceptors (Lipinski definition) is 4. The highest BCUT2D eigenvalue weighted by Crippen LogP contribution is 2.49. The minimum absolute atomic E-state index is 0.479. The molecule has 4 rings (SSSR count). The van der Waals surface area contributed by atoms with Crippen LogP contribution in [0.3, 0.4) is 0 Å². The molecule has 5 nitrogen and oxygen atoms in total. The second-order valence-corrected chi connectivity index (χ2v) is 6.09. The normalized spacial score (nSPS) is 18.6. The molecule has 2 N–H and O–H groups in total. The van der Waals surface area contributed by atoms with Crippen LogP contribution in [0.5, 0.6) is 11.5 Å². The third-order valence-electron chi connectivity index (χ3n) is 4.18. The van der Waals surface area contributed by atoms with Crippen LogP contribution in [-0.2, 0) is 7.05 Å². The first-order valence-electron chi connectivity index (χ1n) is 7.08. The summed E-state index contributed by atoms with van der Waals surface area (Å²) in [5.41, 5.74) is 7.38. The maximum atomic E-state index is 6.37. The van der Waals surface area contributed by atoms with E-state index in [9.17, 15) is 0 Å². The second-order valence-electron chi connectivity index (χ2n) is 5.68. The van der Waals surface area contributed by atoms with E-state index < -0.39 is 5.79 Å². The highest BCUT2D eigenvalue weighted by molar-refractivity contribution is 6.33. The molecule has 0 saturated heterocycles. The van der Waals surface area contributed by atoms with Gasteiger partial charge in [0.2, 0.25) is 0 Å². The average Bonchev–Trinajstić information content (AvgIpc) is 3.11. The molecule has 2 heterocycles. The number of nitrogens with two attached hydrogens (primary N) is 1. The van der Waals surface area contributed by atoms with Gasteiger partial charge in [0.15, 0.2) is 11.5 Å². The fourth-order valence-corrected chi connectivity index (χ4v) is 3.29. The highest BCUT2D eigenvalue weighted by atomic mass is 35.5. The smallest absolute Gasteiger partial charge is 0.251 e. The average molecular weight is 306 g/mol. The zero-order valence-corrected chi connectivity index (χ0v) is 12.5. The van der Waals surface area contributed by atoms with Gasteiger partial charge in [-0.1, -0.05) is 11.6 Å². The number of aromatic nitrogens is 2. The molecular formula is C15H16ClN3O2. The Bertz CT molecular complexity index is 700. The quantitative estimate of drug-likeness (QED) is 0.877. The standard InChI is InChI=1S/C15H16ClN3O2/c1-19-14(17)8-11(18-19)9-6-12-13(7-10(9)16)21-15(20-12)4-2-3-5-15/h6-8H,2-5,17H2,1H3. The molecule has 2 aromatic rings. The summed E-state index contributed by atoms with van der Waals surface area (Å²) >= 11 is 6.37. The van der Waals surface area contributed by atoms with Crippen LogP contribution >= 0.6 is 11.6 Å². The van der Waals surface area contributed by atoms with E-state index >= 15 is 0 Å². The molecule has 1 fully saturated rings. The molecule has 0 atom stereocenters. The van der Waals surface area contributed by atoms with E-state index in [2.05, 4.69) is 5.10 Å². The Labute approximate surface area is 127 Å². The molecule has 1 saturated carbocycles. The van der Waals surface area contributed by atoms with Crippen LogP contribution < -0.4 is 15.2 Å². The zero-order valence-electron chi connectivity index (χ0n) is 11.7. The van der Waals surface area contributed by atoms with Crippen molar-refractivity contribution in [2.75, 3.05) is 5.73 Å². The maximum absolute atomic E-state index is 6.37. The lowest BCUT2D eigenvalue weighted by molar-refractivity contribution is -0.0716. The minimum atomic E-state index is -0.479. The fraction of sp³-hybridized carbons (Fsp3) is 0.400. The molecule has 1 aliphatic carbocycles. The summed E-state index contributed by atoms with van der Waals surface area (Å²) in [6.45, 7) is 0. The van der Waals surface area contributed by atoms with Crippen LogP contribution in [0.25, 0.3) is 11.3 Å². The van der Waals surface area contributed by atoms with Crippen molar-refractivity contribution in [3.63, 3.8) is 0 Å². The van der Waals surface area contributed by atoms with E-state index in [0.29, 0.717) is 10.8 Å². The number of benzene rings is 1. The van der Waals surface area contributed by atoms with E-state index in [-0.39, 0.29) is 0 Å². The van der Waals surface area contributed by atoms with Gasteiger partial charge in [0, 0.05) is 37.6 Å². The predicted octanol–water partition coefficient (Wildman–Crippen LogP) is 3.36. The van der Waals surface area contributed by atoms with Crippen molar-refractivity contribution in [3.05, 3.63) is 23.2 Å². The summed E-state index contributed by atoms with van der Waals surface area (Å²) in [4.78, 5) is 0. The van der Waals surface area contributed by atoms with E-state index in [0.717, 1.165) is 48.4 Å². The van der Waals surface area contributed by atoms with Gasteiger partial charge in [-0.2, -0.15) is 5.10 Å². The number of fused-ring (bicyclic) bond motifs is 1. The predicted molar refractivity (Wildman–Crippen MR) is 80.5 cm³/mol. The highest BCUT2D eigenvalue weighted by Gasteiger charge is 2.44. The van der Waals surface area contributed by atoms with Gasteiger partial charge in [0.1, 0.15) is 5.82 Å². The van der Waals surface area contributed by atoms with Crippen LogP contribution in [0.4, 0.5) is 5.82 Å². The van der Waals surface area contributed by atoms with E-state index in [1.54, 1.807) is 17.8 Å². The number of ether oxygens (including phenoxy) is 2. The van der Waals surface area contributed by atoms with Gasteiger partial charge in [-0.25, -0.2) is 0 Å². The van der Waals surface area contributed by atoms with Crippen molar-refractivity contribution in [2.45, 2.75) is 31.5 Å². The van der Waals surface area contributed by atoms with Crippen molar-refractivity contribution in [2.24, 2.45) is 7.05 Å². The van der Waals surface area contributed by atoms with Gasteiger partial charge in [0.25, 0.3) is 5.79 Å². The topological polar surface area (TPSA) is 62.3 Å². The molecular weight excluding hydrogens is 290 g/mol. The first kappa shape index (κ1) is 12.8. The Morgan fingerprint density at radius 1 is 1.19 bits per heavy atom. The van der Waals surface area contributed by atoms with Crippen LogP contribution in [0.1, 0.15) is 25.7 Å². The number of rotatable bonds is 1. The van der Waals surface area contributed by atoms with Crippen LogP contribution in [-0.4, -0.2) is 15.6 Å². The van der Waals surface area contributed by atoms with Gasteiger partial charge in [-0.3, -0.25) is 4.68 Å². The molecule has 1 aliphatic heterocycles. The molecule has 1 aromatic carbocycles. The molecule has 1 aromatic heterocycles. The molecule has 0 radical (unpaired) electrons. The largest absolute Gasteiger partial charge is 0.448 e. The Kier molecular flexibility index (Phi) is 2.63. The summed E-state index contributed by atoms with van der Waals surface area (Å²) in [6, 6.07) is 5.51. The first-order chi connectivity index (χ1) is 10.1. The van der Waals surface area contributed by atoms with Crippen LogP contribution in [0.15, 0.2) is 18.2 Å². The lowest BCUT2D eigenvalue weighted by Gasteiger charge is -2.21. The molecule has 1 spiro atoms. The number of anilines is 1. The van der Waals surface area contributed by atoms with Crippen LogP contribution in [0.2, 0.25) is 5.02 Å². The Morgan fingerprint density at radius 3 is 2.48 bits per heavy atom. The lowest BCUT2D eigenvalue weighted by Crippen LogP contribution is -2.34. The first-order valence-corrected chi connectivity index (χ1v) is 7.46. The molecule has 0 amide bonds. The summed E-state index contributed by atoms with van der Waals surface area (Å²) in [5, 5.41) is 4.96. The van der Waals surface area contributed by atoms with Gasteiger partial charge < -0.3 is 15.2 Å². The fourth-order valence-electron chi connectivity index (χ4n) is 3.04. The molecule has 0 bridgehead atoms. The number of halogens is 1. The van der Waals surface area contributed by atoms with Crippen molar-refractivity contribution in [1.82, 2.24) is 9.78 Å². The third-order valence-corrected chi connectivity index (χ3v) is 4.50. The summed E-state index contributed by atoms with van der Waals surface area (Å²) in [5.74, 6) is 1.56. The van der Waals surface area contributed by atoms with Gasteiger partial charge in [0.05, 0.1) is 10.7 Å². The molecule has 110 valence electrons. The molecule has 0 unspecified atom stereocenters. The molecule has 21 heavy (non-hydrogen) atoms. The van der Waals surface area contributed by atoms with Crippen molar-refractivity contribution >= 4 is 17.4 Å². The zero-order chi connectivity index (χ0) is 14.6. The summed E-state index contributed by atoms with van der Waals surface area (Å²) in [7, 11) is 1.80. The van der Waals surface area contributed by atoms with Crippen LogP contribution in [0, 0.1) is 0 Å². The second kappa shape index (κ2) is 4.31. The van der Waals surface area contributed by atoms with Crippen molar-refractivity contribution < 1.29 is 9.47 Å². The number of nitrogen functional groups attached to an aromatic ring is 1. The number of nitrogens with zero attached hydrogens (tertiary/aromatic N) is 2. The van der Waals surface area contributed by atoms with Crippen molar-refractivity contribution in [1.29, 1.82) is 0 Å². The number of aryl methyl sites for hydroxylation is 1. The SMILES string of the molecule is Cn1nc(-c2cc3c(cc2Cl)OC2(CCCC2)O3)cc1N. The summed E-state index contributed by atoms with van der Waals surface area (Å²) in [6.07, 6.45) is 4.10. The Balaban J connectivity index is 1.76. The monoisotopic (exact) mass is 305 g/mol. The van der Waals surface area contributed by atoms with Gasteiger partial charge in [-0.15, -0.1) is 0 Å².